The lowest BCUT2D eigenvalue weighted by Gasteiger charge is -2.28. The minimum absolute atomic E-state index is 0.107. The summed E-state index contributed by atoms with van der Waals surface area (Å²) in [6.07, 6.45) is 2.06. The molecule has 0 aliphatic rings. The first-order valence-corrected chi connectivity index (χ1v) is 7.53. The highest BCUT2D eigenvalue weighted by Crippen LogP contribution is 2.14. The van der Waals surface area contributed by atoms with Gasteiger partial charge in [0.25, 0.3) is 0 Å². The van der Waals surface area contributed by atoms with E-state index in [4.69, 9.17) is 9.47 Å². The van der Waals surface area contributed by atoms with Crippen molar-refractivity contribution in [2.24, 2.45) is 0 Å². The molecule has 0 saturated heterocycles. The Morgan fingerprint density at radius 2 is 1.35 bits per heavy atom. The summed E-state index contributed by atoms with van der Waals surface area (Å²) in [5.74, 6) is 0. The first kappa shape index (κ1) is 19.0. The summed E-state index contributed by atoms with van der Waals surface area (Å²) < 4.78 is 10.4. The van der Waals surface area contributed by atoms with E-state index in [2.05, 4.69) is 15.9 Å². The fourth-order valence-electron chi connectivity index (χ4n) is 1.10. The molecule has 0 aromatic carbocycles. The fraction of sp³-hybridized carbons (Fsp3) is 0.714. The van der Waals surface area contributed by atoms with Crippen LogP contribution in [0.1, 0.15) is 41.5 Å². The van der Waals surface area contributed by atoms with Crippen LogP contribution in [0.3, 0.4) is 0 Å². The molecule has 0 N–H and O–H groups in total. The summed E-state index contributed by atoms with van der Waals surface area (Å²) in [5.41, 5.74) is -1.34. The molecule has 0 fully saturated rings. The van der Waals surface area contributed by atoms with Crippen molar-refractivity contribution in [3.63, 3.8) is 0 Å². The first-order chi connectivity index (χ1) is 8.96. The second-order valence-electron chi connectivity index (χ2n) is 6.20. The van der Waals surface area contributed by atoms with E-state index in [0.29, 0.717) is 5.33 Å². The smallest absolute Gasteiger partial charge is 0.420 e. The van der Waals surface area contributed by atoms with E-state index in [0.717, 1.165) is 4.90 Å². The Balaban J connectivity index is 4.93. The number of hydrogen-bond acceptors (Lipinski definition) is 4. The van der Waals surface area contributed by atoms with Crippen molar-refractivity contribution in [1.29, 1.82) is 0 Å². The molecule has 0 atom stereocenters. The second kappa shape index (κ2) is 7.67. The molecular formula is C14H24BrNO4. The zero-order valence-corrected chi connectivity index (χ0v) is 14.6. The van der Waals surface area contributed by atoms with Gasteiger partial charge in [-0.3, -0.25) is 0 Å². The molecule has 0 heterocycles. The van der Waals surface area contributed by atoms with Crippen molar-refractivity contribution in [1.82, 2.24) is 4.90 Å². The highest BCUT2D eigenvalue weighted by molar-refractivity contribution is 9.09. The van der Waals surface area contributed by atoms with Gasteiger partial charge >= 0.3 is 12.2 Å². The molecule has 0 aliphatic heterocycles. The number of ether oxygens (including phenoxy) is 2. The highest BCUT2D eigenvalue weighted by Gasteiger charge is 2.30. The minimum atomic E-state index is -0.717. The SMILES string of the molecule is CC(C)(C)OC(=O)N(C/C=C/CBr)C(=O)OC(C)(C)C. The lowest BCUT2D eigenvalue weighted by Crippen LogP contribution is -2.43. The Kier molecular flexibility index (Phi) is 7.27. The number of carbonyl (C=O) groups is 2. The van der Waals surface area contributed by atoms with Crippen LogP contribution in [0, 0.1) is 0 Å². The average molecular weight is 350 g/mol. The van der Waals surface area contributed by atoms with Crippen LogP contribution in [-0.4, -0.2) is 40.2 Å². The Morgan fingerprint density at radius 1 is 0.950 bits per heavy atom. The molecule has 0 aromatic heterocycles. The third-order valence-corrected chi connectivity index (χ3v) is 2.15. The number of imide groups is 1. The lowest BCUT2D eigenvalue weighted by molar-refractivity contribution is 0.00374. The Labute approximate surface area is 129 Å². The summed E-state index contributed by atoms with van der Waals surface area (Å²) in [6, 6.07) is 0. The molecule has 0 radical (unpaired) electrons. The topological polar surface area (TPSA) is 55.8 Å². The maximum atomic E-state index is 12.0. The quantitative estimate of drug-likeness (QED) is 0.568. The Hall–Kier alpha value is -1.04. The van der Waals surface area contributed by atoms with E-state index in [-0.39, 0.29) is 6.54 Å². The van der Waals surface area contributed by atoms with Gasteiger partial charge in [0.1, 0.15) is 11.2 Å². The van der Waals surface area contributed by atoms with Crippen LogP contribution in [0.4, 0.5) is 9.59 Å². The van der Waals surface area contributed by atoms with E-state index in [1.54, 1.807) is 53.7 Å². The van der Waals surface area contributed by atoms with Crippen LogP contribution >= 0.6 is 15.9 Å². The van der Waals surface area contributed by atoms with E-state index in [1.807, 2.05) is 0 Å². The van der Waals surface area contributed by atoms with E-state index in [1.165, 1.54) is 0 Å². The highest BCUT2D eigenvalue weighted by atomic mass is 79.9. The normalized spacial score (nSPS) is 12.3. The van der Waals surface area contributed by atoms with Crippen molar-refractivity contribution in [2.75, 3.05) is 11.9 Å². The van der Waals surface area contributed by atoms with Gasteiger partial charge in [0.05, 0.1) is 6.54 Å². The maximum Gasteiger partial charge on any atom is 0.420 e. The van der Waals surface area contributed by atoms with Crippen LogP contribution < -0.4 is 0 Å². The molecule has 5 nitrogen and oxygen atoms in total. The van der Waals surface area contributed by atoms with Gasteiger partial charge in [-0.2, -0.15) is 0 Å². The van der Waals surface area contributed by atoms with Gasteiger partial charge in [0, 0.05) is 5.33 Å². The van der Waals surface area contributed by atoms with Crippen molar-refractivity contribution in [2.45, 2.75) is 52.7 Å². The predicted molar refractivity (Wildman–Crippen MR) is 82.1 cm³/mol. The van der Waals surface area contributed by atoms with E-state index < -0.39 is 23.4 Å². The third kappa shape index (κ3) is 8.96. The zero-order chi connectivity index (χ0) is 16.0. The fourth-order valence-corrected chi connectivity index (χ4v) is 1.36. The first-order valence-electron chi connectivity index (χ1n) is 6.41. The van der Waals surface area contributed by atoms with Crippen LogP contribution in [0.2, 0.25) is 0 Å². The molecule has 0 saturated carbocycles. The molecular weight excluding hydrogens is 326 g/mol. The summed E-state index contributed by atoms with van der Waals surface area (Å²) in [4.78, 5) is 25.0. The van der Waals surface area contributed by atoms with Gasteiger partial charge in [0.15, 0.2) is 0 Å². The van der Waals surface area contributed by atoms with Gasteiger partial charge in [0.2, 0.25) is 0 Å². The monoisotopic (exact) mass is 349 g/mol. The third-order valence-electron chi connectivity index (χ3n) is 1.77. The van der Waals surface area contributed by atoms with Crippen LogP contribution in [0.25, 0.3) is 0 Å². The standard InChI is InChI=1S/C14H24BrNO4/c1-13(2,3)19-11(17)16(10-8-7-9-15)12(18)20-14(4,5)6/h7-8H,9-10H2,1-6H3/b8-7+. The largest absolute Gasteiger partial charge is 0.443 e. The number of carbonyl (C=O) groups excluding carboxylic acids is 2. The molecule has 0 aromatic rings. The molecule has 6 heteroatoms. The Bertz CT molecular complexity index is 338. The molecule has 2 amide bonds. The molecule has 0 bridgehead atoms. The second-order valence-corrected chi connectivity index (χ2v) is 6.84. The van der Waals surface area contributed by atoms with Crippen molar-refractivity contribution < 1.29 is 19.1 Å². The number of halogens is 1. The number of amides is 2. The summed E-state index contributed by atoms with van der Waals surface area (Å²) >= 11 is 3.23. The van der Waals surface area contributed by atoms with Crippen LogP contribution in [0.5, 0.6) is 0 Å². The number of rotatable bonds is 3. The van der Waals surface area contributed by atoms with Gasteiger partial charge in [-0.1, -0.05) is 28.1 Å². The summed E-state index contributed by atoms with van der Waals surface area (Å²) in [5, 5.41) is 0.642. The number of hydrogen-bond donors (Lipinski definition) is 0. The molecule has 0 unspecified atom stereocenters. The van der Waals surface area contributed by atoms with Crippen molar-refractivity contribution in [3.05, 3.63) is 12.2 Å². The zero-order valence-electron chi connectivity index (χ0n) is 13.0. The number of allylic oxidation sites excluding steroid dienone is 1. The number of alkyl halides is 1. The number of nitrogens with zero attached hydrogens (tertiary/aromatic N) is 1. The molecule has 20 heavy (non-hydrogen) atoms. The molecule has 0 aliphatic carbocycles. The maximum absolute atomic E-state index is 12.0. The van der Waals surface area contributed by atoms with Gasteiger partial charge in [-0.05, 0) is 41.5 Å². The van der Waals surface area contributed by atoms with Crippen molar-refractivity contribution >= 4 is 28.1 Å². The van der Waals surface area contributed by atoms with Crippen molar-refractivity contribution in [3.8, 4) is 0 Å². The lowest BCUT2D eigenvalue weighted by atomic mass is 10.2. The van der Waals surface area contributed by atoms with Gasteiger partial charge < -0.3 is 9.47 Å². The molecule has 0 rings (SSSR count). The van der Waals surface area contributed by atoms with E-state index >= 15 is 0 Å². The van der Waals surface area contributed by atoms with E-state index in [9.17, 15) is 9.59 Å². The minimum Gasteiger partial charge on any atom is -0.443 e. The Morgan fingerprint density at radius 3 is 1.65 bits per heavy atom. The molecule has 0 spiro atoms. The summed E-state index contributed by atoms with van der Waals surface area (Å²) in [7, 11) is 0. The van der Waals surface area contributed by atoms with Crippen LogP contribution in [0.15, 0.2) is 12.2 Å². The van der Waals surface area contributed by atoms with Gasteiger partial charge in [-0.25, -0.2) is 14.5 Å². The average Bonchev–Trinajstić information content (AvgIpc) is 2.18. The predicted octanol–water partition coefficient (Wildman–Crippen LogP) is 4.11. The summed E-state index contributed by atoms with van der Waals surface area (Å²) in [6.45, 7) is 10.6. The van der Waals surface area contributed by atoms with Gasteiger partial charge in [-0.15, -0.1) is 0 Å². The van der Waals surface area contributed by atoms with Crippen LogP contribution in [-0.2, 0) is 9.47 Å². The molecule has 116 valence electrons.